The summed E-state index contributed by atoms with van der Waals surface area (Å²) in [4.78, 5) is 8.44. The van der Waals surface area contributed by atoms with Crippen LogP contribution in [0.2, 0.25) is 0 Å². The number of nitrogens with zero attached hydrogens (tertiary/aromatic N) is 1. The number of nitrogens with two attached hydrogens (primary N) is 1. The molecule has 0 radical (unpaired) electrons. The molecule has 0 unspecified atom stereocenters. The molecule has 0 aromatic carbocycles. The van der Waals surface area contributed by atoms with Gasteiger partial charge < -0.3 is 0 Å². The van der Waals surface area contributed by atoms with Crippen molar-refractivity contribution >= 4 is 10.0 Å². The monoisotopic (exact) mass is 152 g/mol. The molecular weight excluding hydrogens is 148 g/mol. The van der Waals surface area contributed by atoms with Gasteiger partial charge in [-0.3, -0.25) is 10.1 Å². The van der Waals surface area contributed by atoms with Gasteiger partial charge in [0.2, 0.25) is 0 Å². The molecular formula is C2H4N2O4S. The van der Waals surface area contributed by atoms with Crippen LogP contribution < -0.4 is 5.14 Å². The highest BCUT2D eigenvalue weighted by molar-refractivity contribution is 7.92. The Morgan fingerprint density at radius 3 is 2.00 bits per heavy atom. The van der Waals surface area contributed by atoms with Crippen molar-refractivity contribution in [3.05, 3.63) is 21.7 Å². The van der Waals surface area contributed by atoms with Gasteiger partial charge in [0.1, 0.15) is 0 Å². The third kappa shape index (κ3) is 2.20. The second-order valence-corrected chi connectivity index (χ2v) is 2.76. The van der Waals surface area contributed by atoms with Crippen LogP contribution in [0.1, 0.15) is 0 Å². The molecule has 0 amide bonds. The van der Waals surface area contributed by atoms with Crippen molar-refractivity contribution in [2.75, 3.05) is 0 Å². The second kappa shape index (κ2) is 2.11. The lowest BCUT2D eigenvalue weighted by Crippen LogP contribution is -2.18. The fourth-order valence-electron chi connectivity index (χ4n) is 0.104. The topological polar surface area (TPSA) is 103 Å². The van der Waals surface area contributed by atoms with Gasteiger partial charge in [-0.25, -0.2) is 13.6 Å². The van der Waals surface area contributed by atoms with E-state index in [4.69, 9.17) is 0 Å². The van der Waals surface area contributed by atoms with Crippen LogP contribution in [0.15, 0.2) is 11.6 Å². The summed E-state index contributed by atoms with van der Waals surface area (Å²) in [6.45, 7) is 2.61. The van der Waals surface area contributed by atoms with Gasteiger partial charge in [-0.15, -0.1) is 0 Å². The number of nitro groups is 1. The van der Waals surface area contributed by atoms with E-state index in [0.29, 0.717) is 0 Å². The average molecular weight is 152 g/mol. The molecule has 9 heavy (non-hydrogen) atoms. The first-order valence-electron chi connectivity index (χ1n) is 1.72. The highest BCUT2D eigenvalue weighted by Crippen LogP contribution is 1.95. The summed E-state index contributed by atoms with van der Waals surface area (Å²) >= 11 is 0. The van der Waals surface area contributed by atoms with E-state index < -0.39 is 20.0 Å². The first-order chi connectivity index (χ1) is 3.85. The highest BCUT2D eigenvalue weighted by atomic mass is 32.2. The first-order valence-corrected chi connectivity index (χ1v) is 3.26. The maximum absolute atomic E-state index is 10.0. The summed E-state index contributed by atoms with van der Waals surface area (Å²) < 4.78 is 20.0. The fourth-order valence-corrected chi connectivity index (χ4v) is 0.312. The van der Waals surface area contributed by atoms with Crippen molar-refractivity contribution in [3.8, 4) is 0 Å². The Morgan fingerprint density at radius 1 is 1.67 bits per heavy atom. The average Bonchev–Trinajstić information content (AvgIpc) is 1.62. The molecule has 7 heteroatoms. The standard InChI is InChI=1S/C2H4N2O4S/c1-2(4(5)6)9(3,7)8/h1H2,(H2,3,7,8). The quantitative estimate of drug-likeness (QED) is 0.405. The summed E-state index contributed by atoms with van der Waals surface area (Å²) in [6.07, 6.45) is 0. The van der Waals surface area contributed by atoms with E-state index >= 15 is 0 Å². The molecule has 0 heterocycles. The molecule has 0 aromatic heterocycles. The van der Waals surface area contributed by atoms with E-state index in [2.05, 4.69) is 11.7 Å². The molecule has 0 rings (SSSR count). The molecule has 0 spiro atoms. The molecule has 0 atom stereocenters. The summed E-state index contributed by atoms with van der Waals surface area (Å²) in [5, 5.41) is 12.7. The van der Waals surface area contributed by atoms with E-state index in [-0.39, 0.29) is 0 Å². The lowest BCUT2D eigenvalue weighted by molar-refractivity contribution is -0.411. The lowest BCUT2D eigenvalue weighted by atomic mass is 11.1. The van der Waals surface area contributed by atoms with Crippen molar-refractivity contribution in [2.45, 2.75) is 0 Å². The molecule has 52 valence electrons. The van der Waals surface area contributed by atoms with Gasteiger partial charge in [0.15, 0.2) is 0 Å². The van der Waals surface area contributed by atoms with Crippen LogP contribution in [0.3, 0.4) is 0 Å². The van der Waals surface area contributed by atoms with Crippen LogP contribution in [-0.4, -0.2) is 13.3 Å². The number of hydrogen-bond acceptors (Lipinski definition) is 4. The summed E-state index contributed by atoms with van der Waals surface area (Å²) in [5.74, 6) is 0. The Bertz CT molecular complexity index is 239. The van der Waals surface area contributed by atoms with Crippen molar-refractivity contribution in [1.29, 1.82) is 0 Å². The van der Waals surface area contributed by atoms with Gasteiger partial charge in [-0.1, -0.05) is 0 Å². The molecule has 0 aromatic rings. The second-order valence-electron chi connectivity index (χ2n) is 1.20. The molecule has 6 nitrogen and oxygen atoms in total. The minimum Gasteiger partial charge on any atom is -0.258 e. The molecule has 0 fully saturated rings. The van der Waals surface area contributed by atoms with E-state index in [1.54, 1.807) is 0 Å². The minimum absolute atomic E-state index is 1.16. The van der Waals surface area contributed by atoms with Crippen LogP contribution in [0, 0.1) is 10.1 Å². The van der Waals surface area contributed by atoms with Crippen molar-refractivity contribution in [3.63, 3.8) is 0 Å². The molecule has 0 saturated heterocycles. The van der Waals surface area contributed by atoms with E-state index in [1.165, 1.54) is 0 Å². The van der Waals surface area contributed by atoms with Crippen LogP contribution in [-0.2, 0) is 10.0 Å². The third-order valence-corrected chi connectivity index (χ3v) is 1.34. The van der Waals surface area contributed by atoms with Crippen LogP contribution in [0.5, 0.6) is 0 Å². The van der Waals surface area contributed by atoms with Crippen molar-refractivity contribution < 1.29 is 13.3 Å². The molecule has 0 aliphatic heterocycles. The molecule has 2 N–H and O–H groups in total. The van der Waals surface area contributed by atoms with Gasteiger partial charge >= 0.3 is 15.1 Å². The zero-order valence-electron chi connectivity index (χ0n) is 4.27. The van der Waals surface area contributed by atoms with Crippen LogP contribution in [0.4, 0.5) is 0 Å². The number of primary sulfonamides is 1. The Labute approximate surface area is 51.2 Å². The summed E-state index contributed by atoms with van der Waals surface area (Å²) in [7, 11) is -4.20. The SMILES string of the molecule is C=C([N+](=O)[O-])S(N)(=O)=O. The lowest BCUT2D eigenvalue weighted by Gasteiger charge is -1.88. The normalized spacial score (nSPS) is 10.8. The van der Waals surface area contributed by atoms with E-state index in [1.807, 2.05) is 0 Å². The molecule has 0 aliphatic rings. The van der Waals surface area contributed by atoms with Crippen LogP contribution in [0.25, 0.3) is 0 Å². The Morgan fingerprint density at radius 2 is 2.00 bits per heavy atom. The Hall–Kier alpha value is -0.950. The zero-order valence-corrected chi connectivity index (χ0v) is 5.09. The first kappa shape index (κ1) is 8.05. The smallest absolute Gasteiger partial charge is 0.258 e. The maximum atomic E-state index is 10.0. The highest BCUT2D eigenvalue weighted by Gasteiger charge is 2.20. The van der Waals surface area contributed by atoms with Crippen molar-refractivity contribution in [2.24, 2.45) is 5.14 Å². The van der Waals surface area contributed by atoms with E-state index in [9.17, 15) is 18.5 Å². The minimum atomic E-state index is -4.20. The number of rotatable bonds is 2. The predicted molar refractivity (Wildman–Crippen MR) is 29.2 cm³/mol. The largest absolute Gasteiger partial charge is 0.366 e. The van der Waals surface area contributed by atoms with Crippen molar-refractivity contribution in [1.82, 2.24) is 0 Å². The van der Waals surface area contributed by atoms with Gasteiger partial charge in [0.25, 0.3) is 0 Å². The maximum Gasteiger partial charge on any atom is 0.366 e. The fraction of sp³-hybridized carbons (Fsp3) is 0. The third-order valence-electron chi connectivity index (χ3n) is 0.532. The number of hydrogen-bond donors (Lipinski definition) is 1. The Kier molecular flexibility index (Phi) is 1.89. The molecule has 0 saturated carbocycles. The predicted octanol–water partition coefficient (Wildman–Crippen LogP) is -0.977. The van der Waals surface area contributed by atoms with Crippen LogP contribution >= 0.6 is 0 Å². The molecule has 0 aliphatic carbocycles. The van der Waals surface area contributed by atoms with Gasteiger partial charge in [0, 0.05) is 0 Å². The Balaban J connectivity index is 4.66. The summed E-state index contributed by atoms with van der Waals surface area (Å²) in [6, 6.07) is 0. The van der Waals surface area contributed by atoms with E-state index in [0.717, 1.165) is 0 Å². The van der Waals surface area contributed by atoms with Gasteiger partial charge in [-0.2, -0.15) is 0 Å². The number of sulfonamides is 1. The van der Waals surface area contributed by atoms with Gasteiger partial charge in [0.05, 0.1) is 4.92 Å². The molecule has 0 bridgehead atoms. The summed E-state index contributed by atoms with van der Waals surface area (Å²) in [5.41, 5.74) is 0. The zero-order chi connectivity index (χ0) is 7.65. The van der Waals surface area contributed by atoms with Gasteiger partial charge in [-0.05, 0) is 6.58 Å².